The molecule has 20 heavy (non-hydrogen) atoms. The van der Waals surface area contributed by atoms with Crippen molar-refractivity contribution in [3.05, 3.63) is 27.7 Å². The Bertz CT molecular complexity index is 587. The van der Waals surface area contributed by atoms with Gasteiger partial charge in [-0.3, -0.25) is 0 Å². The number of aliphatic hydroxyl groups is 1. The van der Waals surface area contributed by atoms with Gasteiger partial charge < -0.3 is 5.11 Å². The van der Waals surface area contributed by atoms with E-state index in [1.807, 2.05) is 0 Å². The maximum Gasteiger partial charge on any atom is 0.254 e. The second-order valence-corrected chi connectivity index (χ2v) is 7.05. The Balaban J connectivity index is 2.29. The average molecular weight is 339 g/mol. The second-order valence-electron chi connectivity index (χ2n) is 4.64. The maximum atomic E-state index is 12.3. The minimum atomic E-state index is -3.77. The summed E-state index contributed by atoms with van der Waals surface area (Å²) in [5, 5.41) is 11.1. The van der Waals surface area contributed by atoms with Gasteiger partial charge >= 0.3 is 0 Å². The molecule has 1 saturated heterocycles. The molecule has 0 bridgehead atoms. The number of benzene rings is 1. The first-order valence-electron chi connectivity index (χ1n) is 6.31. The molecular weight excluding hydrogens is 323 g/mol. The fraction of sp³-hybridized carbons (Fsp3) is 0.500. The van der Waals surface area contributed by atoms with Crippen molar-refractivity contribution in [3.8, 4) is 0 Å². The lowest BCUT2D eigenvalue weighted by Gasteiger charge is -2.26. The number of halogens is 2. The molecule has 1 aliphatic heterocycles. The van der Waals surface area contributed by atoms with E-state index in [0.29, 0.717) is 13.1 Å². The predicted octanol–water partition coefficient (Wildman–Crippen LogP) is 2.16. The summed E-state index contributed by atoms with van der Waals surface area (Å²) in [7, 11) is -3.77. The van der Waals surface area contributed by atoms with E-state index in [0.717, 1.165) is 19.3 Å². The zero-order valence-electron chi connectivity index (χ0n) is 10.8. The van der Waals surface area contributed by atoms with Gasteiger partial charge in [-0.05, 0) is 25.0 Å². The van der Waals surface area contributed by atoms with E-state index in [2.05, 4.69) is 4.83 Å². The van der Waals surface area contributed by atoms with Crippen molar-refractivity contribution >= 4 is 33.2 Å². The summed E-state index contributed by atoms with van der Waals surface area (Å²) in [5.74, 6) is 0. The average Bonchev–Trinajstić information content (AvgIpc) is 2.39. The molecule has 1 aromatic carbocycles. The van der Waals surface area contributed by atoms with E-state index in [1.54, 1.807) is 5.01 Å². The van der Waals surface area contributed by atoms with Crippen molar-refractivity contribution in [3.63, 3.8) is 0 Å². The highest BCUT2D eigenvalue weighted by Gasteiger charge is 2.24. The first-order chi connectivity index (χ1) is 9.45. The lowest BCUT2D eigenvalue weighted by atomic mass is 10.2. The third-order valence-corrected chi connectivity index (χ3v) is 5.52. The van der Waals surface area contributed by atoms with E-state index >= 15 is 0 Å². The van der Waals surface area contributed by atoms with Crippen LogP contribution in [-0.4, -0.2) is 31.6 Å². The van der Waals surface area contributed by atoms with Crippen LogP contribution in [0.1, 0.15) is 24.8 Å². The lowest BCUT2D eigenvalue weighted by Crippen LogP contribution is -2.45. The summed E-state index contributed by atoms with van der Waals surface area (Å²) in [6, 6.07) is 2.76. The van der Waals surface area contributed by atoms with Gasteiger partial charge in [-0.1, -0.05) is 29.6 Å². The number of rotatable bonds is 4. The molecule has 2 rings (SSSR count). The van der Waals surface area contributed by atoms with Gasteiger partial charge in [-0.15, -0.1) is 4.83 Å². The molecule has 8 heteroatoms. The van der Waals surface area contributed by atoms with Gasteiger partial charge in [0.05, 0.1) is 11.6 Å². The van der Waals surface area contributed by atoms with Crippen molar-refractivity contribution in [1.82, 2.24) is 9.84 Å². The standard InChI is InChI=1S/C12H16Cl2N2O3S/c13-10-4-5-11(12(14)9(10)8-17)20(18,19)15-16-6-2-1-3-7-16/h4-5,15,17H,1-3,6-8H2. The molecular formula is C12H16Cl2N2O3S. The van der Waals surface area contributed by atoms with Gasteiger partial charge in [-0.2, -0.15) is 0 Å². The van der Waals surface area contributed by atoms with Gasteiger partial charge in [0.25, 0.3) is 10.0 Å². The Labute approximate surface area is 128 Å². The zero-order valence-corrected chi connectivity index (χ0v) is 13.1. The van der Waals surface area contributed by atoms with Crippen molar-refractivity contribution in [2.45, 2.75) is 30.8 Å². The van der Waals surface area contributed by atoms with Crippen LogP contribution in [0, 0.1) is 0 Å². The Morgan fingerprint density at radius 1 is 1.20 bits per heavy atom. The maximum absolute atomic E-state index is 12.3. The predicted molar refractivity (Wildman–Crippen MR) is 78.1 cm³/mol. The van der Waals surface area contributed by atoms with Crippen molar-refractivity contribution in [2.24, 2.45) is 0 Å². The number of sulfonamides is 1. The van der Waals surface area contributed by atoms with Crippen molar-refractivity contribution in [1.29, 1.82) is 0 Å². The van der Waals surface area contributed by atoms with Crippen molar-refractivity contribution < 1.29 is 13.5 Å². The summed E-state index contributed by atoms with van der Waals surface area (Å²) >= 11 is 11.9. The molecule has 1 fully saturated rings. The summed E-state index contributed by atoms with van der Waals surface area (Å²) in [6.07, 6.45) is 3.02. The fourth-order valence-electron chi connectivity index (χ4n) is 2.13. The van der Waals surface area contributed by atoms with Crippen LogP contribution in [0.3, 0.4) is 0 Å². The minimum Gasteiger partial charge on any atom is -0.392 e. The summed E-state index contributed by atoms with van der Waals surface area (Å²) in [4.78, 5) is 2.45. The van der Waals surface area contributed by atoms with E-state index in [-0.39, 0.29) is 20.5 Å². The summed E-state index contributed by atoms with van der Waals surface area (Å²) < 4.78 is 24.7. The largest absolute Gasteiger partial charge is 0.392 e. The molecule has 1 aromatic rings. The minimum absolute atomic E-state index is 0.0375. The molecule has 0 radical (unpaired) electrons. The second kappa shape index (κ2) is 6.60. The number of aliphatic hydroxyl groups excluding tert-OH is 1. The first-order valence-corrected chi connectivity index (χ1v) is 8.55. The molecule has 0 amide bonds. The van der Waals surface area contributed by atoms with Crippen LogP contribution in [0.15, 0.2) is 17.0 Å². The molecule has 1 aliphatic rings. The number of hydrogen-bond donors (Lipinski definition) is 2. The van der Waals surface area contributed by atoms with Crippen LogP contribution in [-0.2, 0) is 16.6 Å². The van der Waals surface area contributed by atoms with Crippen LogP contribution >= 0.6 is 23.2 Å². The van der Waals surface area contributed by atoms with E-state index in [9.17, 15) is 13.5 Å². The highest BCUT2D eigenvalue weighted by atomic mass is 35.5. The molecule has 0 unspecified atom stereocenters. The third-order valence-electron chi connectivity index (χ3n) is 3.20. The number of nitrogens with zero attached hydrogens (tertiary/aromatic N) is 1. The molecule has 1 heterocycles. The van der Waals surface area contributed by atoms with Gasteiger partial charge in [0.15, 0.2) is 0 Å². The molecule has 5 nitrogen and oxygen atoms in total. The summed E-state index contributed by atoms with van der Waals surface area (Å²) in [6.45, 7) is 0.944. The van der Waals surface area contributed by atoms with E-state index in [4.69, 9.17) is 23.2 Å². The van der Waals surface area contributed by atoms with E-state index in [1.165, 1.54) is 12.1 Å². The molecule has 0 aromatic heterocycles. The normalized spacial score (nSPS) is 17.4. The van der Waals surface area contributed by atoms with Crippen LogP contribution in [0.2, 0.25) is 10.0 Å². The van der Waals surface area contributed by atoms with Gasteiger partial charge in [0, 0.05) is 23.7 Å². The quantitative estimate of drug-likeness (QED) is 0.882. The van der Waals surface area contributed by atoms with Gasteiger partial charge in [0.2, 0.25) is 0 Å². The Morgan fingerprint density at radius 3 is 2.45 bits per heavy atom. The highest BCUT2D eigenvalue weighted by molar-refractivity contribution is 7.89. The number of hydrogen-bond acceptors (Lipinski definition) is 4. The molecule has 0 spiro atoms. The Hall–Kier alpha value is -0.370. The SMILES string of the molecule is O=S(=O)(NN1CCCCC1)c1ccc(Cl)c(CO)c1Cl. The van der Waals surface area contributed by atoms with Crippen LogP contribution in [0.25, 0.3) is 0 Å². The smallest absolute Gasteiger partial charge is 0.254 e. The van der Waals surface area contributed by atoms with Crippen LogP contribution < -0.4 is 4.83 Å². The fourth-order valence-corrected chi connectivity index (χ4v) is 4.16. The molecule has 0 atom stereocenters. The monoisotopic (exact) mass is 338 g/mol. The molecule has 0 aliphatic carbocycles. The molecule has 0 saturated carbocycles. The zero-order chi connectivity index (χ0) is 14.8. The Kier molecular flexibility index (Phi) is 5.28. The highest BCUT2D eigenvalue weighted by Crippen LogP contribution is 2.31. The van der Waals surface area contributed by atoms with Gasteiger partial charge in [-0.25, -0.2) is 13.4 Å². The first kappa shape index (κ1) is 16.0. The Morgan fingerprint density at radius 2 is 1.85 bits per heavy atom. The van der Waals surface area contributed by atoms with Gasteiger partial charge in [0.1, 0.15) is 4.90 Å². The lowest BCUT2D eigenvalue weighted by molar-refractivity contribution is 0.200. The van der Waals surface area contributed by atoms with Crippen LogP contribution in [0.4, 0.5) is 0 Å². The third kappa shape index (κ3) is 3.44. The number of nitrogens with one attached hydrogen (secondary N) is 1. The van der Waals surface area contributed by atoms with E-state index < -0.39 is 16.6 Å². The molecule has 112 valence electrons. The number of piperidine rings is 1. The molecule has 2 N–H and O–H groups in total. The van der Waals surface area contributed by atoms with Crippen molar-refractivity contribution in [2.75, 3.05) is 13.1 Å². The summed E-state index contributed by atoms with van der Waals surface area (Å²) in [5.41, 5.74) is 0.217. The van der Waals surface area contributed by atoms with Crippen LogP contribution in [0.5, 0.6) is 0 Å². The number of hydrazine groups is 1. The topological polar surface area (TPSA) is 69.6 Å².